The van der Waals surface area contributed by atoms with E-state index >= 15 is 0 Å². The highest BCUT2D eigenvalue weighted by atomic mass is 79.9. The molecule has 0 aliphatic carbocycles. The van der Waals surface area contributed by atoms with Crippen LogP contribution in [-0.2, 0) is 0 Å². The number of aromatic carboxylic acids is 1. The number of carboxylic acid groups (broad SMARTS) is 1. The van der Waals surface area contributed by atoms with Gasteiger partial charge in [-0.05, 0) is 46.6 Å². The van der Waals surface area contributed by atoms with E-state index in [1.54, 1.807) is 18.3 Å². The van der Waals surface area contributed by atoms with Crippen LogP contribution in [0.4, 0.5) is 5.82 Å². The van der Waals surface area contributed by atoms with E-state index in [2.05, 4.69) is 26.2 Å². The van der Waals surface area contributed by atoms with Gasteiger partial charge in [-0.25, -0.2) is 9.78 Å². The molecule has 0 fully saturated rings. The SMILES string of the molecule is CC(Nc1ncc(Br)cc1C(=O)O)c1ccc(Cl)cc1. The van der Waals surface area contributed by atoms with Gasteiger partial charge in [0.2, 0.25) is 0 Å². The van der Waals surface area contributed by atoms with Gasteiger partial charge in [0.25, 0.3) is 0 Å². The van der Waals surface area contributed by atoms with Crippen molar-refractivity contribution in [1.29, 1.82) is 0 Å². The summed E-state index contributed by atoms with van der Waals surface area (Å²) < 4.78 is 0.625. The molecule has 20 heavy (non-hydrogen) atoms. The maximum absolute atomic E-state index is 11.2. The van der Waals surface area contributed by atoms with Crippen LogP contribution in [0.5, 0.6) is 0 Å². The minimum Gasteiger partial charge on any atom is -0.478 e. The van der Waals surface area contributed by atoms with E-state index in [4.69, 9.17) is 11.6 Å². The van der Waals surface area contributed by atoms with Crippen LogP contribution in [0.15, 0.2) is 41.0 Å². The number of pyridine rings is 1. The molecule has 0 aliphatic rings. The molecular formula is C14H12BrClN2O2. The van der Waals surface area contributed by atoms with Crippen LogP contribution in [0, 0.1) is 0 Å². The average Bonchev–Trinajstić information content (AvgIpc) is 2.41. The number of hydrogen-bond donors (Lipinski definition) is 2. The molecule has 1 atom stereocenters. The summed E-state index contributed by atoms with van der Waals surface area (Å²) in [4.78, 5) is 15.3. The van der Waals surface area contributed by atoms with Gasteiger partial charge in [0, 0.05) is 21.7 Å². The maximum Gasteiger partial charge on any atom is 0.339 e. The summed E-state index contributed by atoms with van der Waals surface area (Å²) in [7, 11) is 0. The Balaban J connectivity index is 2.25. The second-order valence-electron chi connectivity index (χ2n) is 4.27. The fourth-order valence-electron chi connectivity index (χ4n) is 1.76. The molecule has 0 saturated carbocycles. The predicted octanol–water partition coefficient (Wildman–Crippen LogP) is 4.37. The third-order valence-corrected chi connectivity index (χ3v) is 3.49. The zero-order valence-electron chi connectivity index (χ0n) is 10.6. The minimum atomic E-state index is -1.02. The van der Waals surface area contributed by atoms with Crippen molar-refractivity contribution in [3.05, 3.63) is 57.2 Å². The molecule has 0 saturated heterocycles. The van der Waals surface area contributed by atoms with Crippen molar-refractivity contribution < 1.29 is 9.90 Å². The summed E-state index contributed by atoms with van der Waals surface area (Å²) in [5.74, 6) is -0.687. The monoisotopic (exact) mass is 354 g/mol. The van der Waals surface area contributed by atoms with Gasteiger partial charge in [0.15, 0.2) is 0 Å². The fourth-order valence-corrected chi connectivity index (χ4v) is 2.21. The molecule has 2 N–H and O–H groups in total. The van der Waals surface area contributed by atoms with Crippen LogP contribution in [0.3, 0.4) is 0 Å². The number of nitrogens with one attached hydrogen (secondary N) is 1. The van der Waals surface area contributed by atoms with Crippen LogP contribution in [-0.4, -0.2) is 16.1 Å². The lowest BCUT2D eigenvalue weighted by Crippen LogP contribution is -2.12. The van der Waals surface area contributed by atoms with Crippen LogP contribution in [0.2, 0.25) is 5.02 Å². The second kappa shape index (κ2) is 6.24. The van der Waals surface area contributed by atoms with Crippen molar-refractivity contribution in [3.8, 4) is 0 Å². The Morgan fingerprint density at radius 2 is 2.05 bits per heavy atom. The van der Waals surface area contributed by atoms with Crippen molar-refractivity contribution in [1.82, 2.24) is 4.98 Å². The number of nitrogens with zero attached hydrogens (tertiary/aromatic N) is 1. The Morgan fingerprint density at radius 1 is 1.40 bits per heavy atom. The molecule has 0 radical (unpaired) electrons. The summed E-state index contributed by atoms with van der Waals surface area (Å²) in [6.45, 7) is 1.93. The summed E-state index contributed by atoms with van der Waals surface area (Å²) in [5.41, 5.74) is 1.12. The number of halogens is 2. The fraction of sp³-hybridized carbons (Fsp3) is 0.143. The van der Waals surface area contributed by atoms with Gasteiger partial charge in [-0.15, -0.1) is 0 Å². The highest BCUT2D eigenvalue weighted by Crippen LogP contribution is 2.24. The molecule has 104 valence electrons. The van der Waals surface area contributed by atoms with Crippen LogP contribution in [0.25, 0.3) is 0 Å². The Morgan fingerprint density at radius 3 is 2.65 bits per heavy atom. The van der Waals surface area contributed by atoms with E-state index in [0.717, 1.165) is 5.56 Å². The Kier molecular flexibility index (Phi) is 4.62. The van der Waals surface area contributed by atoms with E-state index in [1.807, 2.05) is 19.1 Å². The molecule has 0 spiro atoms. The number of rotatable bonds is 4. The molecule has 2 rings (SSSR count). The van der Waals surface area contributed by atoms with E-state index < -0.39 is 5.97 Å². The van der Waals surface area contributed by atoms with Gasteiger partial charge in [0.1, 0.15) is 11.4 Å². The Hall–Kier alpha value is -1.59. The van der Waals surface area contributed by atoms with Crippen LogP contribution < -0.4 is 5.32 Å². The minimum absolute atomic E-state index is 0.0842. The highest BCUT2D eigenvalue weighted by molar-refractivity contribution is 9.10. The molecule has 1 unspecified atom stereocenters. The van der Waals surface area contributed by atoms with Gasteiger partial charge >= 0.3 is 5.97 Å². The Labute approximate surface area is 129 Å². The molecule has 2 aromatic rings. The molecule has 0 bridgehead atoms. The molecule has 1 heterocycles. The van der Waals surface area contributed by atoms with Crippen LogP contribution >= 0.6 is 27.5 Å². The zero-order chi connectivity index (χ0) is 14.7. The molecule has 4 nitrogen and oxygen atoms in total. The van der Waals surface area contributed by atoms with Gasteiger partial charge in [-0.1, -0.05) is 23.7 Å². The second-order valence-corrected chi connectivity index (χ2v) is 5.62. The first-order chi connectivity index (χ1) is 9.47. The predicted molar refractivity (Wildman–Crippen MR) is 82.4 cm³/mol. The first-order valence-corrected chi connectivity index (χ1v) is 7.05. The van der Waals surface area contributed by atoms with Gasteiger partial charge < -0.3 is 10.4 Å². The van der Waals surface area contributed by atoms with Crippen molar-refractivity contribution in [2.75, 3.05) is 5.32 Å². The standard InChI is InChI=1S/C14H12BrClN2O2/c1-8(9-2-4-11(16)5-3-9)18-13-12(14(19)20)6-10(15)7-17-13/h2-8H,1H3,(H,17,18)(H,19,20). The maximum atomic E-state index is 11.2. The number of anilines is 1. The normalized spacial score (nSPS) is 11.9. The van der Waals surface area contributed by atoms with E-state index in [1.165, 1.54) is 6.07 Å². The summed E-state index contributed by atoms with van der Waals surface area (Å²) in [5, 5.41) is 13.0. The molecular weight excluding hydrogens is 344 g/mol. The lowest BCUT2D eigenvalue weighted by molar-refractivity contribution is 0.0697. The lowest BCUT2D eigenvalue weighted by atomic mass is 10.1. The van der Waals surface area contributed by atoms with Gasteiger partial charge in [-0.3, -0.25) is 0 Å². The highest BCUT2D eigenvalue weighted by Gasteiger charge is 2.15. The van der Waals surface area contributed by atoms with Gasteiger partial charge in [-0.2, -0.15) is 0 Å². The first-order valence-electron chi connectivity index (χ1n) is 5.88. The lowest BCUT2D eigenvalue weighted by Gasteiger charge is -2.16. The number of carbonyl (C=O) groups is 1. The number of aromatic nitrogens is 1. The largest absolute Gasteiger partial charge is 0.478 e. The topological polar surface area (TPSA) is 62.2 Å². The average molecular weight is 356 g/mol. The van der Waals surface area contributed by atoms with Crippen molar-refractivity contribution in [2.24, 2.45) is 0 Å². The quantitative estimate of drug-likeness (QED) is 0.855. The van der Waals surface area contributed by atoms with E-state index in [0.29, 0.717) is 15.3 Å². The summed E-state index contributed by atoms with van der Waals surface area (Å²) >= 11 is 9.06. The molecule has 0 aliphatic heterocycles. The molecule has 1 aromatic heterocycles. The summed E-state index contributed by atoms with van der Waals surface area (Å²) in [6.07, 6.45) is 1.56. The molecule has 0 amide bonds. The smallest absolute Gasteiger partial charge is 0.339 e. The van der Waals surface area contributed by atoms with Crippen molar-refractivity contribution in [3.63, 3.8) is 0 Å². The van der Waals surface area contributed by atoms with Crippen molar-refractivity contribution >= 4 is 39.3 Å². The van der Waals surface area contributed by atoms with Crippen LogP contribution in [0.1, 0.15) is 28.9 Å². The zero-order valence-corrected chi connectivity index (χ0v) is 12.9. The molecule has 1 aromatic carbocycles. The third kappa shape index (κ3) is 3.49. The van der Waals surface area contributed by atoms with Gasteiger partial charge in [0.05, 0.1) is 0 Å². The number of hydrogen-bond acceptors (Lipinski definition) is 3. The Bertz CT molecular complexity index is 632. The first kappa shape index (κ1) is 14.8. The number of carboxylic acids is 1. The number of benzene rings is 1. The van der Waals surface area contributed by atoms with Crippen molar-refractivity contribution in [2.45, 2.75) is 13.0 Å². The van der Waals surface area contributed by atoms with E-state index in [-0.39, 0.29) is 11.6 Å². The van der Waals surface area contributed by atoms with E-state index in [9.17, 15) is 9.90 Å². The summed E-state index contributed by atoms with van der Waals surface area (Å²) in [6, 6.07) is 8.80. The molecule has 6 heteroatoms. The third-order valence-electron chi connectivity index (χ3n) is 2.81.